The van der Waals surface area contributed by atoms with Gasteiger partial charge in [0.25, 0.3) is 0 Å². The van der Waals surface area contributed by atoms with Gasteiger partial charge < -0.3 is 20.3 Å². The molecule has 3 unspecified atom stereocenters. The second-order valence-electron chi connectivity index (χ2n) is 7.61. The third-order valence-corrected chi connectivity index (χ3v) is 7.01. The average Bonchev–Trinajstić information content (AvgIpc) is 3.09. The molecule has 2 saturated heterocycles. The summed E-state index contributed by atoms with van der Waals surface area (Å²) in [5, 5.41) is 15.4. The minimum atomic E-state index is -0.985. The molecule has 170 valence electrons. The Labute approximate surface area is 189 Å². The number of amides is 1. The van der Waals surface area contributed by atoms with Gasteiger partial charge in [0, 0.05) is 52.9 Å². The molecule has 2 aliphatic heterocycles. The first-order valence-corrected chi connectivity index (χ1v) is 11.8. The molecule has 2 heterocycles. The molecule has 0 spiro atoms. The summed E-state index contributed by atoms with van der Waals surface area (Å²) in [7, 11) is 0. The predicted octanol–water partition coefficient (Wildman–Crippen LogP) is 1.74. The second kappa shape index (κ2) is 11.4. The molecule has 3 atom stereocenters. The first-order valence-electron chi connectivity index (χ1n) is 10.9. The van der Waals surface area contributed by atoms with E-state index in [0.29, 0.717) is 13.1 Å². The molecular weight excluding hydrogens is 414 g/mol. The van der Waals surface area contributed by atoms with Crippen molar-refractivity contribution in [2.75, 3.05) is 51.2 Å². The Bertz CT molecular complexity index is 815. The lowest BCUT2D eigenvalue weighted by atomic mass is 10.1. The van der Waals surface area contributed by atoms with E-state index in [4.69, 9.17) is 4.74 Å². The Balaban J connectivity index is 0.00000363. The number of nitrogens with one attached hydrogen (secondary N) is 2. The smallest absolute Gasteiger partial charge is 0.326 e. The van der Waals surface area contributed by atoms with Crippen LogP contribution in [0.2, 0.25) is 0 Å². The van der Waals surface area contributed by atoms with Crippen molar-refractivity contribution < 1.29 is 15.8 Å². The van der Waals surface area contributed by atoms with Gasteiger partial charge in [0.15, 0.2) is 5.92 Å². The summed E-state index contributed by atoms with van der Waals surface area (Å²) in [4.78, 5) is 29.1. The summed E-state index contributed by atoms with van der Waals surface area (Å²) >= 11 is 1.37. The summed E-state index contributed by atoms with van der Waals surface area (Å²) in [6.45, 7) is 9.69. The van der Waals surface area contributed by atoms with Crippen molar-refractivity contribution >= 4 is 29.3 Å². The molecule has 9 heteroatoms. The molecule has 2 aliphatic rings. The molecule has 31 heavy (non-hydrogen) atoms. The molecule has 3 rings (SSSR count). The summed E-state index contributed by atoms with van der Waals surface area (Å²) in [5.74, 6) is -1.60. The van der Waals surface area contributed by atoms with Gasteiger partial charge in [0.2, 0.25) is 5.91 Å². The topological polar surface area (TPSA) is 97.7 Å². The van der Waals surface area contributed by atoms with Crippen LogP contribution in [-0.2, 0) is 20.9 Å². The fraction of sp³-hybridized carbons (Fsp3) is 0.591. The standard InChI is InChI=1S/C22H31N5O3S.H2/c1-3-27-20(28)19(31-21(27)18(13-23)22(29)30-4-2)14-25-17-7-5-6-16(12-17)15-26-10-8-24-9-11-26;/h5-7,12,18-19,21,24-25H,3-4,8-11,14-15H2,1-2H3;1H. The molecule has 0 aliphatic carbocycles. The van der Waals surface area contributed by atoms with E-state index in [2.05, 4.69) is 27.7 Å². The maximum Gasteiger partial charge on any atom is 0.326 e. The van der Waals surface area contributed by atoms with Crippen LogP contribution in [0.1, 0.15) is 20.8 Å². The Morgan fingerprint density at radius 1 is 1.42 bits per heavy atom. The molecule has 0 bridgehead atoms. The Morgan fingerprint density at radius 2 is 2.19 bits per heavy atom. The lowest BCUT2D eigenvalue weighted by Gasteiger charge is -2.27. The average molecular weight is 448 g/mol. The zero-order valence-electron chi connectivity index (χ0n) is 18.2. The maximum atomic E-state index is 12.9. The van der Waals surface area contributed by atoms with Crippen LogP contribution in [0, 0.1) is 17.2 Å². The molecule has 1 aromatic carbocycles. The van der Waals surface area contributed by atoms with Crippen molar-refractivity contribution in [1.82, 2.24) is 15.1 Å². The van der Waals surface area contributed by atoms with Crippen molar-refractivity contribution in [3.05, 3.63) is 29.8 Å². The lowest BCUT2D eigenvalue weighted by molar-refractivity contribution is -0.147. The highest BCUT2D eigenvalue weighted by Gasteiger charge is 2.46. The molecule has 0 saturated carbocycles. The van der Waals surface area contributed by atoms with Crippen LogP contribution < -0.4 is 10.6 Å². The third-order valence-electron chi connectivity index (χ3n) is 5.51. The first-order chi connectivity index (χ1) is 15.1. The van der Waals surface area contributed by atoms with E-state index < -0.39 is 17.3 Å². The Hall–Kier alpha value is -2.28. The molecule has 2 N–H and O–H groups in total. The highest BCUT2D eigenvalue weighted by Crippen LogP contribution is 2.36. The summed E-state index contributed by atoms with van der Waals surface area (Å²) < 4.78 is 5.04. The molecule has 8 nitrogen and oxygen atoms in total. The van der Waals surface area contributed by atoms with E-state index in [1.807, 2.05) is 25.1 Å². The van der Waals surface area contributed by atoms with Crippen molar-refractivity contribution in [3.63, 3.8) is 0 Å². The number of hydrogen-bond acceptors (Lipinski definition) is 8. The van der Waals surface area contributed by atoms with Gasteiger partial charge in [0.1, 0.15) is 10.6 Å². The van der Waals surface area contributed by atoms with Gasteiger partial charge in [0.05, 0.1) is 12.7 Å². The number of piperazine rings is 1. The van der Waals surface area contributed by atoms with E-state index in [-0.39, 0.29) is 19.2 Å². The number of rotatable bonds is 9. The highest BCUT2D eigenvalue weighted by molar-refractivity contribution is 8.01. The molecule has 2 fully saturated rings. The van der Waals surface area contributed by atoms with Crippen LogP contribution >= 0.6 is 11.8 Å². The van der Waals surface area contributed by atoms with Gasteiger partial charge in [-0.2, -0.15) is 5.26 Å². The van der Waals surface area contributed by atoms with Crippen LogP contribution in [0.4, 0.5) is 5.69 Å². The molecule has 0 radical (unpaired) electrons. The SMILES string of the molecule is CCOC(=O)C(C#N)C1SC(CNc2cccc(CN3CCNCC3)c2)C(=O)N1CC.[HH]. The lowest BCUT2D eigenvalue weighted by Crippen LogP contribution is -2.42. The normalized spacial score (nSPS) is 22.7. The molecular formula is C22H33N5O3S. The van der Waals surface area contributed by atoms with Crippen LogP contribution in [-0.4, -0.2) is 78.2 Å². The number of nitriles is 1. The monoisotopic (exact) mass is 447 g/mol. The van der Waals surface area contributed by atoms with E-state index in [0.717, 1.165) is 38.4 Å². The number of ether oxygens (including phenoxy) is 1. The highest BCUT2D eigenvalue weighted by atomic mass is 32.2. The van der Waals surface area contributed by atoms with Crippen molar-refractivity contribution in [2.24, 2.45) is 5.92 Å². The van der Waals surface area contributed by atoms with E-state index in [1.165, 1.54) is 17.3 Å². The number of hydrogen-bond donors (Lipinski definition) is 2. The molecule has 1 aromatic rings. The minimum absolute atomic E-state index is 0. The predicted molar refractivity (Wildman–Crippen MR) is 123 cm³/mol. The van der Waals surface area contributed by atoms with Crippen molar-refractivity contribution in [1.29, 1.82) is 5.26 Å². The van der Waals surface area contributed by atoms with Gasteiger partial charge in [-0.05, 0) is 31.5 Å². The summed E-state index contributed by atoms with van der Waals surface area (Å²) in [6, 6.07) is 10.3. The largest absolute Gasteiger partial charge is 0.465 e. The number of carbonyl (C=O) groups excluding carboxylic acids is 2. The van der Waals surface area contributed by atoms with E-state index in [9.17, 15) is 14.9 Å². The number of benzene rings is 1. The molecule has 0 aromatic heterocycles. The van der Waals surface area contributed by atoms with Gasteiger partial charge >= 0.3 is 5.97 Å². The number of anilines is 1. The number of esters is 1. The number of thioether (sulfide) groups is 1. The fourth-order valence-corrected chi connectivity index (χ4v) is 5.42. The van der Waals surface area contributed by atoms with Crippen LogP contribution in [0.5, 0.6) is 0 Å². The van der Waals surface area contributed by atoms with Gasteiger partial charge in [-0.1, -0.05) is 12.1 Å². The van der Waals surface area contributed by atoms with Crippen LogP contribution in [0.25, 0.3) is 0 Å². The summed E-state index contributed by atoms with van der Waals surface area (Å²) in [6.07, 6.45) is 0. The first kappa shape index (κ1) is 23.4. The number of nitrogens with zero attached hydrogens (tertiary/aromatic N) is 3. The second-order valence-corrected chi connectivity index (χ2v) is 8.93. The van der Waals surface area contributed by atoms with E-state index in [1.54, 1.807) is 11.8 Å². The van der Waals surface area contributed by atoms with Crippen LogP contribution in [0.15, 0.2) is 24.3 Å². The molecule has 1 amide bonds. The van der Waals surface area contributed by atoms with Crippen LogP contribution in [0.3, 0.4) is 0 Å². The maximum absolute atomic E-state index is 12.9. The Morgan fingerprint density at radius 3 is 2.87 bits per heavy atom. The van der Waals surface area contributed by atoms with Gasteiger partial charge in [-0.15, -0.1) is 11.8 Å². The fourth-order valence-electron chi connectivity index (χ4n) is 3.92. The quantitative estimate of drug-likeness (QED) is 0.553. The van der Waals surface area contributed by atoms with Crippen molar-refractivity contribution in [3.8, 4) is 6.07 Å². The zero-order valence-corrected chi connectivity index (χ0v) is 19.0. The third kappa shape index (κ3) is 5.91. The van der Waals surface area contributed by atoms with Gasteiger partial charge in [-0.3, -0.25) is 14.5 Å². The number of carbonyl (C=O) groups is 2. The Kier molecular flexibility index (Phi) is 8.58. The minimum Gasteiger partial charge on any atom is -0.465 e. The summed E-state index contributed by atoms with van der Waals surface area (Å²) in [5.41, 5.74) is 2.20. The van der Waals surface area contributed by atoms with Gasteiger partial charge in [-0.25, -0.2) is 0 Å². The zero-order chi connectivity index (χ0) is 22.2. The van der Waals surface area contributed by atoms with E-state index >= 15 is 0 Å². The van der Waals surface area contributed by atoms with Crippen molar-refractivity contribution in [2.45, 2.75) is 31.0 Å².